The van der Waals surface area contributed by atoms with Gasteiger partial charge in [0.2, 0.25) is 5.88 Å². The lowest BCUT2D eigenvalue weighted by Crippen LogP contribution is -2.09. The van der Waals surface area contributed by atoms with E-state index < -0.39 is 30.6 Å². The molecule has 4 nitrogen and oxygen atoms in total. The monoisotopic (exact) mass is 196 g/mol. The zero-order chi connectivity index (χ0) is 10.1. The number of hydrogen-bond donors (Lipinski definition) is 3. The van der Waals surface area contributed by atoms with Crippen LogP contribution in [0.5, 0.6) is 5.88 Å². The quantitative estimate of drug-likeness (QED) is 0.657. The maximum Gasteiger partial charge on any atom is 0.389 e. The highest BCUT2D eigenvalue weighted by molar-refractivity contribution is 5.15. The van der Waals surface area contributed by atoms with Crippen molar-refractivity contribution >= 4 is 0 Å². The van der Waals surface area contributed by atoms with Crippen molar-refractivity contribution in [2.45, 2.75) is 19.0 Å². The Morgan fingerprint density at radius 1 is 1.31 bits per heavy atom. The minimum atomic E-state index is -4.29. The molecule has 0 bridgehead atoms. The van der Waals surface area contributed by atoms with E-state index in [0.29, 0.717) is 0 Å². The summed E-state index contributed by atoms with van der Waals surface area (Å²) >= 11 is 0. The van der Waals surface area contributed by atoms with Crippen LogP contribution in [0.15, 0.2) is 4.79 Å². The number of aromatic amines is 2. The number of rotatable bonds is 2. The molecule has 7 heteroatoms. The molecule has 0 fully saturated rings. The predicted molar refractivity (Wildman–Crippen MR) is 37.5 cm³/mol. The van der Waals surface area contributed by atoms with Crippen LogP contribution in [0.2, 0.25) is 0 Å². The number of halogens is 3. The van der Waals surface area contributed by atoms with Gasteiger partial charge < -0.3 is 10.1 Å². The number of aromatic nitrogens is 2. The van der Waals surface area contributed by atoms with Crippen LogP contribution in [0.25, 0.3) is 0 Å². The lowest BCUT2D eigenvalue weighted by atomic mass is 10.2. The maximum absolute atomic E-state index is 11.7. The molecular formula is C6H7F3N2O2. The van der Waals surface area contributed by atoms with Crippen molar-refractivity contribution in [3.8, 4) is 5.88 Å². The van der Waals surface area contributed by atoms with Crippen LogP contribution in [0.4, 0.5) is 13.2 Å². The Labute approximate surface area is 70.4 Å². The van der Waals surface area contributed by atoms with E-state index in [0.717, 1.165) is 0 Å². The summed E-state index contributed by atoms with van der Waals surface area (Å²) < 4.78 is 35.1. The number of nitrogens with one attached hydrogen (secondary N) is 2. The van der Waals surface area contributed by atoms with Gasteiger partial charge in [-0.25, -0.2) is 4.79 Å². The molecule has 0 unspecified atom stereocenters. The van der Waals surface area contributed by atoms with Crippen molar-refractivity contribution in [3.63, 3.8) is 0 Å². The average molecular weight is 196 g/mol. The third kappa shape index (κ3) is 2.85. The zero-order valence-corrected chi connectivity index (χ0v) is 6.40. The Kier molecular flexibility index (Phi) is 2.35. The van der Waals surface area contributed by atoms with Gasteiger partial charge in [-0.2, -0.15) is 13.2 Å². The number of H-pyrrole nitrogens is 2. The first-order valence-corrected chi connectivity index (χ1v) is 3.45. The largest absolute Gasteiger partial charge is 0.493 e. The van der Waals surface area contributed by atoms with Crippen molar-refractivity contribution in [1.29, 1.82) is 0 Å². The molecule has 0 atom stereocenters. The smallest absolute Gasteiger partial charge is 0.389 e. The van der Waals surface area contributed by atoms with Crippen molar-refractivity contribution in [2.75, 3.05) is 0 Å². The molecule has 0 aliphatic carbocycles. The molecule has 0 aromatic carbocycles. The fraction of sp³-hybridized carbons (Fsp3) is 0.500. The molecular weight excluding hydrogens is 189 g/mol. The topological polar surface area (TPSA) is 68.9 Å². The van der Waals surface area contributed by atoms with Crippen LogP contribution in [0.1, 0.15) is 12.1 Å². The molecule has 0 amide bonds. The number of hydrogen-bond acceptors (Lipinski definition) is 2. The SMILES string of the molecule is O=c1[nH]c(O)c(CCC(F)(F)F)[nH]1. The molecule has 74 valence electrons. The van der Waals surface area contributed by atoms with Gasteiger partial charge in [-0.3, -0.25) is 4.98 Å². The summed E-state index contributed by atoms with van der Waals surface area (Å²) in [6, 6.07) is 0. The van der Waals surface area contributed by atoms with Crippen LogP contribution < -0.4 is 5.69 Å². The Balaban J connectivity index is 2.65. The Morgan fingerprint density at radius 2 is 1.92 bits per heavy atom. The van der Waals surface area contributed by atoms with Gasteiger partial charge in [0, 0.05) is 12.8 Å². The Morgan fingerprint density at radius 3 is 2.31 bits per heavy atom. The van der Waals surface area contributed by atoms with Crippen molar-refractivity contribution < 1.29 is 18.3 Å². The molecule has 1 aromatic rings. The lowest BCUT2D eigenvalue weighted by molar-refractivity contribution is -0.134. The summed E-state index contributed by atoms with van der Waals surface area (Å²) in [4.78, 5) is 14.5. The molecule has 13 heavy (non-hydrogen) atoms. The molecule has 0 saturated heterocycles. The van der Waals surface area contributed by atoms with Gasteiger partial charge >= 0.3 is 11.9 Å². The second-order valence-corrected chi connectivity index (χ2v) is 2.52. The molecule has 0 saturated carbocycles. The Hall–Kier alpha value is -1.40. The zero-order valence-electron chi connectivity index (χ0n) is 6.40. The van der Waals surface area contributed by atoms with E-state index in [1.54, 1.807) is 0 Å². The maximum atomic E-state index is 11.7. The fourth-order valence-electron chi connectivity index (χ4n) is 0.858. The van der Waals surface area contributed by atoms with Crippen LogP contribution in [0.3, 0.4) is 0 Å². The van der Waals surface area contributed by atoms with Crippen molar-refractivity contribution in [1.82, 2.24) is 9.97 Å². The lowest BCUT2D eigenvalue weighted by Gasteiger charge is -2.03. The van der Waals surface area contributed by atoms with Gasteiger partial charge in [0.05, 0.1) is 5.69 Å². The molecule has 0 spiro atoms. The molecule has 0 aliphatic rings. The third-order valence-corrected chi connectivity index (χ3v) is 1.44. The van der Waals surface area contributed by atoms with Crippen molar-refractivity contribution in [3.05, 3.63) is 16.2 Å². The van der Waals surface area contributed by atoms with Gasteiger partial charge in [0.1, 0.15) is 0 Å². The van der Waals surface area contributed by atoms with E-state index in [9.17, 15) is 18.0 Å². The normalized spacial score (nSPS) is 11.9. The molecule has 0 radical (unpaired) electrons. The standard InChI is InChI=1S/C6H7F3N2O2/c7-6(8,9)2-1-3-4(12)11-5(13)10-3/h12H,1-2H2,(H2,10,11,13). The number of aromatic hydroxyl groups is 1. The van der Waals surface area contributed by atoms with E-state index >= 15 is 0 Å². The summed E-state index contributed by atoms with van der Waals surface area (Å²) in [5.41, 5.74) is -0.836. The first kappa shape index (κ1) is 9.69. The van der Waals surface area contributed by atoms with E-state index in [1.165, 1.54) is 0 Å². The minimum Gasteiger partial charge on any atom is -0.493 e. The number of alkyl halides is 3. The van der Waals surface area contributed by atoms with E-state index in [2.05, 4.69) is 4.98 Å². The van der Waals surface area contributed by atoms with Crippen LogP contribution in [-0.2, 0) is 6.42 Å². The number of imidazole rings is 1. The summed E-state index contributed by atoms with van der Waals surface area (Å²) in [5, 5.41) is 8.87. The van der Waals surface area contributed by atoms with Crippen molar-refractivity contribution in [2.24, 2.45) is 0 Å². The number of aryl methyl sites for hydroxylation is 1. The molecule has 0 aliphatic heterocycles. The highest BCUT2D eigenvalue weighted by Crippen LogP contribution is 2.23. The second-order valence-electron chi connectivity index (χ2n) is 2.52. The van der Waals surface area contributed by atoms with Gasteiger partial charge in [-0.15, -0.1) is 0 Å². The van der Waals surface area contributed by atoms with E-state index in [1.807, 2.05) is 4.98 Å². The van der Waals surface area contributed by atoms with Crippen LogP contribution in [0, 0.1) is 0 Å². The van der Waals surface area contributed by atoms with Gasteiger partial charge in [-0.1, -0.05) is 0 Å². The molecule has 3 N–H and O–H groups in total. The van der Waals surface area contributed by atoms with Crippen LogP contribution >= 0.6 is 0 Å². The van der Waals surface area contributed by atoms with Gasteiger partial charge in [0.25, 0.3) is 0 Å². The molecule has 1 heterocycles. The highest BCUT2D eigenvalue weighted by Gasteiger charge is 2.27. The first-order valence-electron chi connectivity index (χ1n) is 3.45. The van der Waals surface area contributed by atoms with E-state index in [-0.39, 0.29) is 5.69 Å². The molecule has 1 rings (SSSR count). The Bertz CT molecular complexity index is 338. The summed E-state index contributed by atoms with van der Waals surface area (Å²) in [7, 11) is 0. The summed E-state index contributed by atoms with van der Waals surface area (Å²) in [6.45, 7) is 0. The second kappa shape index (κ2) is 3.15. The minimum absolute atomic E-state index is 0.123. The molecule has 1 aromatic heterocycles. The van der Waals surface area contributed by atoms with Crippen LogP contribution in [-0.4, -0.2) is 21.3 Å². The predicted octanol–water partition coefficient (Wildman–Crippen LogP) is 0.903. The van der Waals surface area contributed by atoms with Gasteiger partial charge in [-0.05, 0) is 0 Å². The summed E-state index contributed by atoms with van der Waals surface area (Å²) in [5.74, 6) is -0.533. The highest BCUT2D eigenvalue weighted by atomic mass is 19.4. The van der Waals surface area contributed by atoms with Gasteiger partial charge in [0.15, 0.2) is 0 Å². The first-order chi connectivity index (χ1) is 5.88. The fourth-order valence-corrected chi connectivity index (χ4v) is 0.858. The van der Waals surface area contributed by atoms with E-state index in [4.69, 9.17) is 5.11 Å². The summed E-state index contributed by atoms with van der Waals surface area (Å²) in [6.07, 6.45) is -5.80. The third-order valence-electron chi connectivity index (χ3n) is 1.44. The average Bonchev–Trinajstić information content (AvgIpc) is 2.24.